The molecule has 0 radical (unpaired) electrons. The number of halogens is 2. The van der Waals surface area contributed by atoms with Crippen LogP contribution in [0.3, 0.4) is 0 Å². The van der Waals surface area contributed by atoms with Crippen molar-refractivity contribution in [3.63, 3.8) is 0 Å². The molecule has 1 aliphatic rings. The fourth-order valence-corrected chi connectivity index (χ4v) is 4.37. The van der Waals surface area contributed by atoms with Gasteiger partial charge in [0.2, 0.25) is 0 Å². The number of rotatable bonds is 2. The number of hydrogen-bond acceptors (Lipinski definition) is 0. The average molecular weight is 285 g/mol. The van der Waals surface area contributed by atoms with Gasteiger partial charge in [0.25, 0.3) is 0 Å². The second-order valence-electron chi connectivity index (χ2n) is 4.41. The van der Waals surface area contributed by atoms with Gasteiger partial charge in [-0.05, 0) is 0 Å². The summed E-state index contributed by atoms with van der Waals surface area (Å²) in [5.41, 5.74) is 5.13. The molecule has 1 rings (SSSR count). The molecule has 3 heteroatoms. The van der Waals surface area contributed by atoms with Gasteiger partial charge in [0, 0.05) is 0 Å². The van der Waals surface area contributed by atoms with Gasteiger partial charge in [-0.25, -0.2) is 0 Å². The van der Waals surface area contributed by atoms with Gasteiger partial charge in [-0.3, -0.25) is 0 Å². The topological polar surface area (TPSA) is 0 Å². The number of hydrogen-bond donors (Lipinski definition) is 0. The van der Waals surface area contributed by atoms with E-state index in [-0.39, 0.29) is 44.0 Å². The van der Waals surface area contributed by atoms with E-state index >= 15 is 0 Å². The molecule has 0 aromatic carbocycles. The fraction of sp³-hybridized carbons (Fsp3) is 0.667. The van der Waals surface area contributed by atoms with Gasteiger partial charge in [-0.1, -0.05) is 0 Å². The van der Waals surface area contributed by atoms with Crippen LogP contribution in [0.4, 0.5) is 0 Å². The van der Waals surface area contributed by atoms with Crippen LogP contribution in [-0.4, -0.2) is 0 Å². The Labute approximate surface area is 116 Å². The van der Waals surface area contributed by atoms with Crippen LogP contribution in [0.5, 0.6) is 0 Å². The van der Waals surface area contributed by atoms with Crippen molar-refractivity contribution in [2.45, 2.75) is 46.3 Å². The molecule has 0 aromatic rings. The zero-order valence-corrected chi connectivity index (χ0v) is 13.7. The minimum atomic E-state index is 0. The smallest absolute Gasteiger partial charge is 0.147 e. The molecule has 0 heterocycles. The summed E-state index contributed by atoms with van der Waals surface area (Å²) in [6, 6.07) is 0. The van der Waals surface area contributed by atoms with E-state index in [4.69, 9.17) is 0 Å². The summed E-state index contributed by atoms with van der Waals surface area (Å²) < 4.78 is 3.17. The van der Waals surface area contributed by atoms with E-state index in [1.54, 1.807) is 20.6 Å². The van der Waals surface area contributed by atoms with Crippen LogP contribution < -0.4 is 0 Å². The predicted molar refractivity (Wildman–Crippen MR) is 69.8 cm³/mol. The van der Waals surface area contributed by atoms with Gasteiger partial charge in [0.05, 0.1) is 0 Å². The minimum absolute atomic E-state index is 0. The SMILES string of the molecule is C[CH2][Ti][C]1=C(C)C(C)=C(C)C1(C)C.Cl.Cl. The van der Waals surface area contributed by atoms with Crippen LogP contribution in [0.15, 0.2) is 20.6 Å². The standard InChI is InChI=1S/C10H15.C2H5.2ClH.Ti/c1-7-6-10(4,5)9(3)8(7)2;1-2;;;/h1-5H3;1H2,2H3;2*1H;. The van der Waals surface area contributed by atoms with Crippen molar-refractivity contribution in [1.82, 2.24) is 0 Å². The first-order valence-electron chi connectivity index (χ1n) is 5.06. The van der Waals surface area contributed by atoms with E-state index in [0.717, 1.165) is 0 Å². The van der Waals surface area contributed by atoms with Crippen molar-refractivity contribution in [1.29, 1.82) is 0 Å². The Hall–Kier alpha value is 0.774. The van der Waals surface area contributed by atoms with Crippen molar-refractivity contribution in [3.05, 3.63) is 20.6 Å². The molecule has 0 saturated carbocycles. The van der Waals surface area contributed by atoms with Gasteiger partial charge in [0.15, 0.2) is 0 Å². The molecule has 1 aliphatic carbocycles. The first kappa shape index (κ1) is 18.1. The molecule has 0 aromatic heterocycles. The van der Waals surface area contributed by atoms with Crippen molar-refractivity contribution in [2.75, 3.05) is 0 Å². The normalized spacial score (nSPS) is 18.5. The molecular weight excluding hydrogens is 263 g/mol. The summed E-state index contributed by atoms with van der Waals surface area (Å²) in [7, 11) is 0. The summed E-state index contributed by atoms with van der Waals surface area (Å²) in [4.78, 5) is 0. The molecule has 0 N–H and O–H groups in total. The van der Waals surface area contributed by atoms with E-state index in [2.05, 4.69) is 41.5 Å². The molecule has 0 bridgehead atoms. The molecule has 0 spiro atoms. The monoisotopic (exact) mass is 284 g/mol. The molecule has 0 fully saturated rings. The van der Waals surface area contributed by atoms with E-state index in [0.29, 0.717) is 5.41 Å². The summed E-state index contributed by atoms with van der Waals surface area (Å²) in [5, 5.41) is 0. The molecule has 0 saturated heterocycles. The average Bonchev–Trinajstić information content (AvgIpc) is 2.20. The van der Waals surface area contributed by atoms with Crippen molar-refractivity contribution < 1.29 is 19.2 Å². The third kappa shape index (κ3) is 3.13. The van der Waals surface area contributed by atoms with Crippen LogP contribution in [0.25, 0.3) is 0 Å². The molecule has 88 valence electrons. The van der Waals surface area contributed by atoms with Crippen molar-refractivity contribution in [3.8, 4) is 0 Å². The Morgan fingerprint density at radius 3 is 1.73 bits per heavy atom. The second-order valence-corrected chi connectivity index (χ2v) is 6.84. The van der Waals surface area contributed by atoms with E-state index in [1.165, 1.54) is 4.73 Å². The molecule has 0 atom stereocenters. The molecular formula is C12H22Cl2Ti. The maximum Gasteiger partial charge on any atom is -0.147 e. The third-order valence-electron chi connectivity index (χ3n) is 3.42. The molecule has 0 unspecified atom stereocenters. The van der Waals surface area contributed by atoms with Crippen molar-refractivity contribution >= 4 is 24.8 Å². The van der Waals surface area contributed by atoms with Crippen LogP contribution in [0.2, 0.25) is 4.73 Å². The Balaban J connectivity index is 0. The second kappa shape index (κ2) is 6.50. The Morgan fingerprint density at radius 1 is 1.00 bits per heavy atom. The quantitative estimate of drug-likeness (QED) is 0.626. The first-order valence-corrected chi connectivity index (χ1v) is 6.95. The van der Waals surface area contributed by atoms with Crippen molar-refractivity contribution in [2.24, 2.45) is 5.41 Å². The summed E-state index contributed by atoms with van der Waals surface area (Å²) >= 11 is 0.145. The van der Waals surface area contributed by atoms with E-state index < -0.39 is 0 Å². The van der Waals surface area contributed by atoms with E-state index in [1.807, 2.05) is 0 Å². The molecule has 0 aliphatic heterocycles. The fourth-order valence-electron chi connectivity index (χ4n) is 2.12. The zero-order chi connectivity index (χ0) is 10.2. The Morgan fingerprint density at radius 2 is 1.47 bits per heavy atom. The number of allylic oxidation sites excluding steroid dienone is 4. The Bertz CT molecular complexity index is 288. The minimum Gasteiger partial charge on any atom is -0.147 e. The summed E-state index contributed by atoms with van der Waals surface area (Å²) in [6.07, 6.45) is 0. The van der Waals surface area contributed by atoms with Crippen LogP contribution in [0.1, 0.15) is 41.5 Å². The Kier molecular flexibility index (Phi) is 7.86. The van der Waals surface area contributed by atoms with E-state index in [9.17, 15) is 0 Å². The summed E-state index contributed by atoms with van der Waals surface area (Å²) in [6.45, 7) is 14.0. The van der Waals surface area contributed by atoms with Gasteiger partial charge in [-0.2, -0.15) is 0 Å². The first-order chi connectivity index (χ1) is 5.92. The maximum absolute atomic E-state index is 2.39. The van der Waals surface area contributed by atoms with Crippen LogP contribution in [-0.2, 0) is 19.2 Å². The summed E-state index contributed by atoms with van der Waals surface area (Å²) in [5.74, 6) is 0. The molecule has 0 amide bonds. The van der Waals surface area contributed by atoms with Crippen LogP contribution in [0, 0.1) is 5.41 Å². The zero-order valence-electron chi connectivity index (χ0n) is 10.5. The van der Waals surface area contributed by atoms with Crippen LogP contribution >= 0.6 is 24.8 Å². The van der Waals surface area contributed by atoms with Gasteiger partial charge in [0.1, 0.15) is 0 Å². The third-order valence-corrected chi connectivity index (χ3v) is 6.08. The molecule has 15 heavy (non-hydrogen) atoms. The molecule has 0 nitrogen and oxygen atoms in total. The maximum atomic E-state index is 2.39. The largest absolute Gasteiger partial charge is 0.147 e. The van der Waals surface area contributed by atoms with Gasteiger partial charge < -0.3 is 0 Å². The van der Waals surface area contributed by atoms with Gasteiger partial charge >= 0.3 is 91.4 Å². The predicted octanol–water partition coefficient (Wildman–Crippen LogP) is 5.00. The van der Waals surface area contributed by atoms with Gasteiger partial charge in [-0.15, -0.1) is 24.8 Å².